The van der Waals surface area contributed by atoms with E-state index in [9.17, 15) is 0 Å². The first kappa shape index (κ1) is 10.2. The Hall–Kier alpha value is -0.850. The van der Waals surface area contributed by atoms with Crippen LogP contribution in [-0.2, 0) is 0 Å². The lowest BCUT2D eigenvalue weighted by Crippen LogP contribution is -1.87. The Morgan fingerprint density at radius 2 is 2.09 bits per heavy atom. The molecule has 0 aliphatic carbocycles. The molecule has 0 aromatic rings. The van der Waals surface area contributed by atoms with Gasteiger partial charge in [-0.15, -0.1) is 0 Å². The van der Waals surface area contributed by atoms with Gasteiger partial charge in [-0.05, 0) is 26.3 Å². The van der Waals surface area contributed by atoms with Crippen LogP contribution in [0, 0.1) is 0 Å². The van der Waals surface area contributed by atoms with E-state index in [1.165, 1.54) is 5.71 Å². The summed E-state index contributed by atoms with van der Waals surface area (Å²) in [6.45, 7) is 9.90. The molecular weight excluding hydrogens is 134 g/mol. The molecule has 1 nitrogen and oxygen atoms in total. The number of allylic oxidation sites excluding steroid dienone is 2. The first-order valence-electron chi connectivity index (χ1n) is 4.02. The van der Waals surface area contributed by atoms with Gasteiger partial charge in [0, 0.05) is 11.9 Å². The highest BCUT2D eigenvalue weighted by atomic mass is 14.7. The molecule has 0 aromatic heterocycles. The van der Waals surface area contributed by atoms with E-state index in [0.717, 1.165) is 18.4 Å². The fraction of sp³-hybridized carbons (Fsp3) is 0.500. The lowest BCUT2D eigenvalue weighted by atomic mass is 10.2. The van der Waals surface area contributed by atoms with Crippen LogP contribution in [0.4, 0.5) is 0 Å². The van der Waals surface area contributed by atoms with Gasteiger partial charge in [-0.3, -0.25) is 4.99 Å². The lowest BCUT2D eigenvalue weighted by molar-refractivity contribution is 0.987. The number of rotatable bonds is 4. The van der Waals surface area contributed by atoms with Crippen LogP contribution in [-0.4, -0.2) is 5.71 Å². The molecule has 0 fully saturated rings. The van der Waals surface area contributed by atoms with E-state index in [1.807, 2.05) is 26.1 Å². The summed E-state index contributed by atoms with van der Waals surface area (Å²) in [5, 5.41) is 0. The summed E-state index contributed by atoms with van der Waals surface area (Å²) in [4.78, 5) is 4.23. The van der Waals surface area contributed by atoms with Gasteiger partial charge in [-0.1, -0.05) is 25.5 Å². The van der Waals surface area contributed by atoms with E-state index >= 15 is 0 Å². The topological polar surface area (TPSA) is 12.4 Å². The molecule has 62 valence electrons. The molecule has 0 unspecified atom stereocenters. The van der Waals surface area contributed by atoms with Crippen LogP contribution in [0.15, 0.2) is 29.4 Å². The third-order valence-electron chi connectivity index (χ3n) is 1.27. The Labute approximate surface area is 69.5 Å². The predicted molar refractivity (Wildman–Crippen MR) is 52.0 cm³/mol. The standard InChI is InChI=1S/C10H17N/c1-5-6-10(4)11-8-7-9(2)3/h7-8H,2,5-6H2,1,3-4H3/b8-7-,11-10?. The quantitative estimate of drug-likeness (QED) is 0.431. The second kappa shape index (κ2) is 5.90. The maximum Gasteiger partial charge on any atom is 0.0269 e. The summed E-state index contributed by atoms with van der Waals surface area (Å²) >= 11 is 0. The van der Waals surface area contributed by atoms with Crippen LogP contribution in [0.5, 0.6) is 0 Å². The third kappa shape index (κ3) is 7.04. The zero-order valence-electron chi connectivity index (χ0n) is 7.72. The Morgan fingerprint density at radius 3 is 2.55 bits per heavy atom. The second-order valence-electron chi connectivity index (χ2n) is 2.78. The van der Waals surface area contributed by atoms with Crippen LogP contribution < -0.4 is 0 Å². The number of aliphatic imine (C=N–C) groups is 1. The molecular formula is C10H17N. The minimum Gasteiger partial charge on any atom is -0.266 e. The highest BCUT2D eigenvalue weighted by Gasteiger charge is 1.84. The molecule has 11 heavy (non-hydrogen) atoms. The normalized spacial score (nSPS) is 12.5. The fourth-order valence-corrected chi connectivity index (χ4v) is 0.718. The van der Waals surface area contributed by atoms with Gasteiger partial charge in [-0.2, -0.15) is 0 Å². The maximum atomic E-state index is 4.23. The molecule has 0 amide bonds. The number of nitrogens with zero attached hydrogens (tertiary/aromatic N) is 1. The first-order valence-corrected chi connectivity index (χ1v) is 4.02. The predicted octanol–water partition coefficient (Wildman–Crippen LogP) is 3.34. The van der Waals surface area contributed by atoms with E-state index in [-0.39, 0.29) is 0 Å². The number of hydrogen-bond donors (Lipinski definition) is 0. The lowest BCUT2D eigenvalue weighted by Gasteiger charge is -1.92. The Bertz CT molecular complexity index is 175. The molecule has 0 heterocycles. The van der Waals surface area contributed by atoms with Crippen molar-refractivity contribution in [1.29, 1.82) is 0 Å². The smallest absolute Gasteiger partial charge is 0.0269 e. The molecule has 0 N–H and O–H groups in total. The maximum absolute atomic E-state index is 4.23. The Morgan fingerprint density at radius 1 is 1.45 bits per heavy atom. The molecule has 0 aliphatic heterocycles. The van der Waals surface area contributed by atoms with Gasteiger partial charge in [0.1, 0.15) is 0 Å². The van der Waals surface area contributed by atoms with Gasteiger partial charge >= 0.3 is 0 Å². The molecule has 1 heteroatoms. The van der Waals surface area contributed by atoms with Crippen LogP contribution in [0.1, 0.15) is 33.6 Å². The molecule has 0 saturated heterocycles. The summed E-state index contributed by atoms with van der Waals surface area (Å²) < 4.78 is 0. The molecule has 0 saturated carbocycles. The van der Waals surface area contributed by atoms with Gasteiger partial charge in [0.15, 0.2) is 0 Å². The SMILES string of the molecule is C=C(C)/C=C\N=C(C)CCC. The molecule has 0 aliphatic rings. The zero-order chi connectivity index (χ0) is 8.69. The molecule has 0 bridgehead atoms. The van der Waals surface area contributed by atoms with Crippen molar-refractivity contribution in [3.8, 4) is 0 Å². The van der Waals surface area contributed by atoms with Crippen molar-refractivity contribution in [2.75, 3.05) is 0 Å². The summed E-state index contributed by atoms with van der Waals surface area (Å²) in [5.74, 6) is 0. The van der Waals surface area contributed by atoms with E-state index in [2.05, 4.69) is 18.5 Å². The van der Waals surface area contributed by atoms with Crippen LogP contribution in [0.3, 0.4) is 0 Å². The average Bonchev–Trinajstić information content (AvgIpc) is 1.87. The molecule has 0 rings (SSSR count). The Balaban J connectivity index is 3.80. The zero-order valence-corrected chi connectivity index (χ0v) is 7.72. The van der Waals surface area contributed by atoms with Gasteiger partial charge < -0.3 is 0 Å². The van der Waals surface area contributed by atoms with Crippen LogP contribution >= 0.6 is 0 Å². The third-order valence-corrected chi connectivity index (χ3v) is 1.27. The average molecular weight is 151 g/mol. The fourth-order valence-electron chi connectivity index (χ4n) is 0.718. The van der Waals surface area contributed by atoms with Crippen molar-refractivity contribution in [2.45, 2.75) is 33.6 Å². The van der Waals surface area contributed by atoms with Crippen molar-refractivity contribution < 1.29 is 0 Å². The van der Waals surface area contributed by atoms with Gasteiger partial charge in [0.25, 0.3) is 0 Å². The van der Waals surface area contributed by atoms with E-state index in [0.29, 0.717) is 0 Å². The minimum absolute atomic E-state index is 1.04. The largest absolute Gasteiger partial charge is 0.266 e. The van der Waals surface area contributed by atoms with Gasteiger partial charge in [0.05, 0.1) is 0 Å². The van der Waals surface area contributed by atoms with E-state index in [1.54, 1.807) is 0 Å². The van der Waals surface area contributed by atoms with Crippen molar-refractivity contribution in [1.82, 2.24) is 0 Å². The van der Waals surface area contributed by atoms with E-state index < -0.39 is 0 Å². The van der Waals surface area contributed by atoms with Gasteiger partial charge in [-0.25, -0.2) is 0 Å². The van der Waals surface area contributed by atoms with Crippen molar-refractivity contribution in [3.63, 3.8) is 0 Å². The highest BCUT2D eigenvalue weighted by Crippen LogP contribution is 1.94. The van der Waals surface area contributed by atoms with Crippen LogP contribution in [0.2, 0.25) is 0 Å². The van der Waals surface area contributed by atoms with Crippen LogP contribution in [0.25, 0.3) is 0 Å². The molecule has 0 spiro atoms. The summed E-state index contributed by atoms with van der Waals surface area (Å²) in [5.41, 5.74) is 2.23. The summed E-state index contributed by atoms with van der Waals surface area (Å²) in [6.07, 6.45) is 5.98. The van der Waals surface area contributed by atoms with Gasteiger partial charge in [0.2, 0.25) is 0 Å². The molecule has 0 aromatic carbocycles. The molecule has 0 atom stereocenters. The van der Waals surface area contributed by atoms with E-state index in [4.69, 9.17) is 0 Å². The first-order chi connectivity index (χ1) is 5.16. The second-order valence-corrected chi connectivity index (χ2v) is 2.78. The molecule has 0 radical (unpaired) electrons. The number of hydrogen-bond acceptors (Lipinski definition) is 1. The van der Waals surface area contributed by atoms with Crippen molar-refractivity contribution in [3.05, 3.63) is 24.4 Å². The van der Waals surface area contributed by atoms with Crippen molar-refractivity contribution >= 4 is 5.71 Å². The van der Waals surface area contributed by atoms with Crippen molar-refractivity contribution in [2.24, 2.45) is 4.99 Å². The summed E-state index contributed by atoms with van der Waals surface area (Å²) in [7, 11) is 0. The Kier molecular flexibility index (Phi) is 5.44. The highest BCUT2D eigenvalue weighted by molar-refractivity contribution is 5.82. The minimum atomic E-state index is 1.04. The summed E-state index contributed by atoms with van der Waals surface area (Å²) in [6, 6.07) is 0. The monoisotopic (exact) mass is 151 g/mol.